The van der Waals surface area contributed by atoms with Crippen LogP contribution in [-0.2, 0) is 23.0 Å². The van der Waals surface area contributed by atoms with Crippen molar-refractivity contribution in [3.05, 3.63) is 18.2 Å². The standard InChI is InChI=1S/C12H19N3O2/c1-3-13-10-8-17-7-9(10)11(16)6-12-14-4-5-15(12)2/h4-5,9-10,13H,3,6-8H2,1-2H3. The highest BCUT2D eigenvalue weighted by Gasteiger charge is 2.33. The summed E-state index contributed by atoms with van der Waals surface area (Å²) in [5, 5.41) is 3.30. The fourth-order valence-electron chi connectivity index (χ4n) is 2.19. The molecule has 2 atom stereocenters. The maximum absolute atomic E-state index is 12.2. The third-order valence-corrected chi connectivity index (χ3v) is 3.21. The number of ether oxygens (including phenoxy) is 1. The highest BCUT2D eigenvalue weighted by Crippen LogP contribution is 2.16. The molecule has 1 N–H and O–H groups in total. The molecule has 0 saturated carbocycles. The van der Waals surface area contributed by atoms with Crippen LogP contribution in [0.15, 0.2) is 12.4 Å². The Morgan fingerprint density at radius 1 is 1.65 bits per heavy atom. The van der Waals surface area contributed by atoms with Gasteiger partial charge >= 0.3 is 0 Å². The van der Waals surface area contributed by atoms with Crippen molar-refractivity contribution in [3.8, 4) is 0 Å². The Bertz CT molecular complexity index is 389. The van der Waals surface area contributed by atoms with Crippen LogP contribution in [0.2, 0.25) is 0 Å². The van der Waals surface area contributed by atoms with Gasteiger partial charge in [-0.25, -0.2) is 4.98 Å². The molecular formula is C12H19N3O2. The highest BCUT2D eigenvalue weighted by molar-refractivity contribution is 5.83. The number of Topliss-reactive ketones (excluding diaryl/α,β-unsaturated/α-hetero) is 1. The molecule has 0 aromatic carbocycles. The van der Waals surface area contributed by atoms with E-state index in [2.05, 4.69) is 10.3 Å². The lowest BCUT2D eigenvalue weighted by Gasteiger charge is -2.16. The third-order valence-electron chi connectivity index (χ3n) is 3.21. The van der Waals surface area contributed by atoms with E-state index in [9.17, 15) is 4.79 Å². The Labute approximate surface area is 101 Å². The van der Waals surface area contributed by atoms with E-state index in [4.69, 9.17) is 4.74 Å². The number of likely N-dealkylation sites (N-methyl/N-ethyl adjacent to an activating group) is 1. The number of aryl methyl sites for hydroxylation is 1. The number of hydrogen-bond donors (Lipinski definition) is 1. The van der Waals surface area contributed by atoms with Crippen molar-refractivity contribution in [2.45, 2.75) is 19.4 Å². The molecule has 0 spiro atoms. The lowest BCUT2D eigenvalue weighted by Crippen LogP contribution is -2.39. The van der Waals surface area contributed by atoms with E-state index >= 15 is 0 Å². The van der Waals surface area contributed by atoms with E-state index in [1.807, 2.05) is 24.7 Å². The lowest BCUT2D eigenvalue weighted by atomic mass is 9.96. The van der Waals surface area contributed by atoms with Crippen LogP contribution in [0.1, 0.15) is 12.7 Å². The summed E-state index contributed by atoms with van der Waals surface area (Å²) in [5.74, 6) is 0.992. The smallest absolute Gasteiger partial charge is 0.147 e. The first kappa shape index (κ1) is 12.3. The third kappa shape index (κ3) is 2.73. The van der Waals surface area contributed by atoms with Crippen molar-refractivity contribution < 1.29 is 9.53 Å². The molecule has 2 rings (SSSR count). The molecule has 1 aliphatic rings. The van der Waals surface area contributed by atoms with Gasteiger partial charge in [0.2, 0.25) is 0 Å². The van der Waals surface area contributed by atoms with Gasteiger partial charge in [-0.1, -0.05) is 6.92 Å². The second-order valence-electron chi connectivity index (χ2n) is 4.41. The van der Waals surface area contributed by atoms with Gasteiger partial charge in [0.15, 0.2) is 0 Å². The summed E-state index contributed by atoms with van der Waals surface area (Å²) in [5.41, 5.74) is 0. The van der Waals surface area contributed by atoms with Crippen molar-refractivity contribution in [1.29, 1.82) is 0 Å². The van der Waals surface area contributed by atoms with Gasteiger partial charge in [0.1, 0.15) is 11.6 Å². The minimum atomic E-state index is -0.0355. The lowest BCUT2D eigenvalue weighted by molar-refractivity contribution is -0.122. The minimum absolute atomic E-state index is 0.0355. The first-order valence-electron chi connectivity index (χ1n) is 6.02. The zero-order valence-corrected chi connectivity index (χ0v) is 10.3. The van der Waals surface area contributed by atoms with Crippen LogP contribution in [0.5, 0.6) is 0 Å². The van der Waals surface area contributed by atoms with Crippen molar-refractivity contribution in [2.24, 2.45) is 13.0 Å². The van der Waals surface area contributed by atoms with Crippen LogP contribution in [0.25, 0.3) is 0 Å². The summed E-state index contributed by atoms with van der Waals surface area (Å²) in [4.78, 5) is 16.4. The van der Waals surface area contributed by atoms with E-state index in [0.29, 0.717) is 19.6 Å². The van der Waals surface area contributed by atoms with Crippen LogP contribution in [0.4, 0.5) is 0 Å². The topological polar surface area (TPSA) is 56.1 Å². The monoisotopic (exact) mass is 237 g/mol. The maximum Gasteiger partial charge on any atom is 0.147 e. The van der Waals surface area contributed by atoms with Gasteiger partial charge in [-0.15, -0.1) is 0 Å². The second kappa shape index (κ2) is 5.42. The van der Waals surface area contributed by atoms with Gasteiger partial charge in [0.25, 0.3) is 0 Å². The van der Waals surface area contributed by atoms with Gasteiger partial charge in [0.05, 0.1) is 25.6 Å². The number of hydrogen-bond acceptors (Lipinski definition) is 4. The van der Waals surface area contributed by atoms with Gasteiger partial charge in [0, 0.05) is 25.5 Å². The van der Waals surface area contributed by atoms with E-state index in [-0.39, 0.29) is 17.7 Å². The van der Waals surface area contributed by atoms with Crippen LogP contribution in [-0.4, -0.2) is 41.1 Å². The van der Waals surface area contributed by atoms with Crippen LogP contribution < -0.4 is 5.32 Å². The Morgan fingerprint density at radius 2 is 2.47 bits per heavy atom. The average Bonchev–Trinajstić information content (AvgIpc) is 2.89. The van der Waals surface area contributed by atoms with E-state index < -0.39 is 0 Å². The molecule has 1 aromatic heterocycles. The molecule has 0 radical (unpaired) electrons. The molecule has 5 nitrogen and oxygen atoms in total. The largest absolute Gasteiger partial charge is 0.379 e. The predicted molar refractivity (Wildman–Crippen MR) is 63.7 cm³/mol. The molecular weight excluding hydrogens is 218 g/mol. The zero-order valence-electron chi connectivity index (χ0n) is 10.3. The molecule has 17 heavy (non-hydrogen) atoms. The van der Waals surface area contributed by atoms with Gasteiger partial charge in [-0.3, -0.25) is 4.79 Å². The van der Waals surface area contributed by atoms with E-state index in [1.165, 1.54) is 0 Å². The number of carbonyl (C=O) groups excluding carboxylic acids is 1. The minimum Gasteiger partial charge on any atom is -0.379 e. The van der Waals surface area contributed by atoms with E-state index in [1.54, 1.807) is 6.20 Å². The van der Waals surface area contributed by atoms with Crippen molar-refractivity contribution in [3.63, 3.8) is 0 Å². The molecule has 1 aliphatic heterocycles. The highest BCUT2D eigenvalue weighted by atomic mass is 16.5. The molecule has 2 unspecified atom stereocenters. The van der Waals surface area contributed by atoms with Gasteiger partial charge in [-0.05, 0) is 6.54 Å². The molecule has 2 heterocycles. The Balaban J connectivity index is 1.98. The summed E-state index contributed by atoms with van der Waals surface area (Å²) in [6.45, 7) is 4.06. The van der Waals surface area contributed by atoms with E-state index in [0.717, 1.165) is 12.4 Å². The summed E-state index contributed by atoms with van der Waals surface area (Å²) in [6, 6.07) is 0.160. The van der Waals surface area contributed by atoms with Crippen LogP contribution in [0.3, 0.4) is 0 Å². The Kier molecular flexibility index (Phi) is 3.91. The summed E-state index contributed by atoms with van der Waals surface area (Å²) in [7, 11) is 1.91. The molecule has 1 aromatic rings. The maximum atomic E-state index is 12.2. The Morgan fingerprint density at radius 3 is 3.12 bits per heavy atom. The fourth-order valence-corrected chi connectivity index (χ4v) is 2.19. The zero-order chi connectivity index (χ0) is 12.3. The molecule has 94 valence electrons. The Hall–Kier alpha value is -1.20. The molecule has 1 fully saturated rings. The molecule has 1 saturated heterocycles. The van der Waals surface area contributed by atoms with Crippen molar-refractivity contribution >= 4 is 5.78 Å². The number of nitrogens with one attached hydrogen (secondary N) is 1. The summed E-state index contributed by atoms with van der Waals surface area (Å²) in [6.07, 6.45) is 3.96. The second-order valence-corrected chi connectivity index (χ2v) is 4.41. The number of carbonyl (C=O) groups is 1. The normalized spacial score (nSPS) is 24.1. The fraction of sp³-hybridized carbons (Fsp3) is 0.667. The predicted octanol–water partition coefficient (Wildman–Crippen LogP) is 0.156. The summed E-state index contributed by atoms with van der Waals surface area (Å²) >= 11 is 0. The molecule has 0 aliphatic carbocycles. The molecule has 0 amide bonds. The van der Waals surface area contributed by atoms with Crippen molar-refractivity contribution in [1.82, 2.24) is 14.9 Å². The van der Waals surface area contributed by atoms with Crippen LogP contribution >= 0.6 is 0 Å². The van der Waals surface area contributed by atoms with Crippen molar-refractivity contribution in [2.75, 3.05) is 19.8 Å². The summed E-state index contributed by atoms with van der Waals surface area (Å²) < 4.78 is 7.27. The van der Waals surface area contributed by atoms with Gasteiger partial charge < -0.3 is 14.6 Å². The first-order valence-corrected chi connectivity index (χ1v) is 6.02. The first-order chi connectivity index (χ1) is 8.22. The number of imidazole rings is 1. The number of rotatable bonds is 5. The molecule has 5 heteroatoms. The molecule has 0 bridgehead atoms. The average molecular weight is 237 g/mol. The van der Waals surface area contributed by atoms with Gasteiger partial charge in [-0.2, -0.15) is 0 Å². The number of ketones is 1. The van der Waals surface area contributed by atoms with Crippen LogP contribution in [0, 0.1) is 5.92 Å². The quantitative estimate of drug-likeness (QED) is 0.792. The number of aromatic nitrogens is 2. The SMILES string of the molecule is CCNC1COCC1C(=O)Cc1nccn1C. The number of nitrogens with zero attached hydrogens (tertiary/aromatic N) is 2.